The molecule has 4 nitrogen and oxygen atoms in total. The lowest BCUT2D eigenvalue weighted by Crippen LogP contribution is -1.93. The van der Waals surface area contributed by atoms with Crippen molar-refractivity contribution in [3.63, 3.8) is 0 Å². The number of hydrogen-bond donors (Lipinski definition) is 1. The Morgan fingerprint density at radius 2 is 1.89 bits per heavy atom. The summed E-state index contributed by atoms with van der Waals surface area (Å²) < 4.78 is 10.7. The van der Waals surface area contributed by atoms with Gasteiger partial charge in [-0.05, 0) is 24.3 Å². The number of methoxy groups -OCH3 is 1. The van der Waals surface area contributed by atoms with E-state index in [1.165, 1.54) is 0 Å². The van der Waals surface area contributed by atoms with Gasteiger partial charge in [0.1, 0.15) is 23.3 Å². The maximum Gasteiger partial charge on any atom is 0.145 e. The number of nitrogen functional groups attached to an aromatic ring is 1. The number of nitrogens with two attached hydrogens (primary N) is 1. The van der Waals surface area contributed by atoms with Gasteiger partial charge in [0.15, 0.2) is 0 Å². The Hall–Kier alpha value is -2.67. The van der Waals surface area contributed by atoms with Gasteiger partial charge in [-0.1, -0.05) is 12.1 Å². The highest BCUT2D eigenvalue weighted by Crippen LogP contribution is 2.30. The van der Waals surface area contributed by atoms with E-state index in [-0.39, 0.29) is 0 Å². The van der Waals surface area contributed by atoms with E-state index in [0.717, 1.165) is 0 Å². The second-order valence-electron chi connectivity index (χ2n) is 3.61. The third-order valence-electron chi connectivity index (χ3n) is 2.44. The molecule has 0 aliphatic carbocycles. The average Bonchev–Trinajstić information content (AvgIpc) is 2.41. The molecule has 90 valence electrons. The lowest BCUT2D eigenvalue weighted by atomic mass is 10.2. The number of rotatable bonds is 3. The largest absolute Gasteiger partial charge is 0.494 e. The van der Waals surface area contributed by atoms with Crippen LogP contribution < -0.4 is 15.2 Å². The number of nitrogens with zero attached hydrogens (tertiary/aromatic N) is 1. The summed E-state index contributed by atoms with van der Waals surface area (Å²) in [5.74, 6) is 1.62. The Bertz CT molecular complexity index is 603. The van der Waals surface area contributed by atoms with Crippen molar-refractivity contribution in [2.45, 2.75) is 0 Å². The van der Waals surface area contributed by atoms with Gasteiger partial charge in [-0.25, -0.2) is 0 Å². The van der Waals surface area contributed by atoms with Crippen LogP contribution in [0.15, 0.2) is 42.5 Å². The van der Waals surface area contributed by atoms with Crippen molar-refractivity contribution in [2.24, 2.45) is 0 Å². The van der Waals surface area contributed by atoms with E-state index >= 15 is 0 Å². The molecular weight excluding hydrogens is 228 g/mol. The first kappa shape index (κ1) is 11.8. The molecule has 2 N–H and O–H groups in total. The van der Waals surface area contributed by atoms with Gasteiger partial charge in [-0.3, -0.25) is 0 Å². The van der Waals surface area contributed by atoms with E-state index in [1.807, 2.05) is 6.07 Å². The molecule has 0 fully saturated rings. The fourth-order valence-corrected chi connectivity index (χ4v) is 1.53. The summed E-state index contributed by atoms with van der Waals surface area (Å²) in [6.45, 7) is 0. The van der Waals surface area contributed by atoms with Crippen LogP contribution >= 0.6 is 0 Å². The third kappa shape index (κ3) is 2.36. The van der Waals surface area contributed by atoms with Crippen LogP contribution in [-0.4, -0.2) is 7.11 Å². The highest BCUT2D eigenvalue weighted by atomic mass is 16.5. The van der Waals surface area contributed by atoms with E-state index in [4.69, 9.17) is 20.5 Å². The van der Waals surface area contributed by atoms with E-state index < -0.39 is 0 Å². The molecule has 0 spiro atoms. The Kier molecular flexibility index (Phi) is 3.35. The van der Waals surface area contributed by atoms with Gasteiger partial charge in [-0.15, -0.1) is 0 Å². The summed E-state index contributed by atoms with van der Waals surface area (Å²) in [4.78, 5) is 0. The van der Waals surface area contributed by atoms with Crippen molar-refractivity contribution in [1.82, 2.24) is 0 Å². The zero-order valence-corrected chi connectivity index (χ0v) is 9.88. The Morgan fingerprint density at radius 3 is 2.61 bits per heavy atom. The first-order valence-electron chi connectivity index (χ1n) is 5.35. The van der Waals surface area contributed by atoms with Crippen molar-refractivity contribution >= 4 is 5.69 Å². The molecular formula is C14H12N2O2. The molecule has 18 heavy (non-hydrogen) atoms. The second-order valence-corrected chi connectivity index (χ2v) is 3.61. The molecule has 0 heterocycles. The molecule has 2 aromatic carbocycles. The molecule has 0 saturated carbocycles. The summed E-state index contributed by atoms with van der Waals surface area (Å²) in [7, 11) is 1.54. The third-order valence-corrected chi connectivity index (χ3v) is 2.44. The van der Waals surface area contributed by atoms with E-state index in [1.54, 1.807) is 43.5 Å². The van der Waals surface area contributed by atoms with E-state index in [9.17, 15) is 0 Å². The molecule has 0 bridgehead atoms. The summed E-state index contributed by atoms with van der Waals surface area (Å²) in [5.41, 5.74) is 6.74. The summed E-state index contributed by atoms with van der Waals surface area (Å²) in [5, 5.41) is 8.97. The number of ether oxygens (including phenoxy) is 2. The predicted molar refractivity (Wildman–Crippen MR) is 68.6 cm³/mol. The molecule has 0 aliphatic heterocycles. The molecule has 2 rings (SSSR count). The van der Waals surface area contributed by atoms with Gasteiger partial charge >= 0.3 is 0 Å². The normalized spacial score (nSPS) is 9.56. The van der Waals surface area contributed by atoms with Crippen LogP contribution in [0.5, 0.6) is 17.2 Å². The maximum atomic E-state index is 8.97. The highest BCUT2D eigenvalue weighted by Gasteiger charge is 2.06. The number of benzene rings is 2. The first-order chi connectivity index (χ1) is 8.74. The minimum Gasteiger partial charge on any atom is -0.494 e. The van der Waals surface area contributed by atoms with Crippen molar-refractivity contribution in [1.29, 1.82) is 5.26 Å². The van der Waals surface area contributed by atoms with Gasteiger partial charge in [-0.2, -0.15) is 5.26 Å². The quantitative estimate of drug-likeness (QED) is 0.837. The zero-order chi connectivity index (χ0) is 13.0. The molecule has 0 amide bonds. The predicted octanol–water partition coefficient (Wildman–Crippen LogP) is 2.94. The first-order valence-corrected chi connectivity index (χ1v) is 5.35. The van der Waals surface area contributed by atoms with Gasteiger partial charge in [0.25, 0.3) is 0 Å². The number of hydrogen-bond acceptors (Lipinski definition) is 4. The lowest BCUT2D eigenvalue weighted by Gasteiger charge is -2.10. The number of anilines is 1. The molecule has 0 saturated heterocycles. The van der Waals surface area contributed by atoms with Crippen LogP contribution in [0.4, 0.5) is 5.69 Å². The van der Waals surface area contributed by atoms with Gasteiger partial charge in [0.2, 0.25) is 0 Å². The molecule has 0 atom stereocenters. The van der Waals surface area contributed by atoms with Gasteiger partial charge < -0.3 is 15.2 Å². The minimum atomic E-state index is 0.480. The molecule has 0 aromatic heterocycles. The summed E-state index contributed by atoms with van der Waals surface area (Å²) >= 11 is 0. The van der Waals surface area contributed by atoms with Crippen LogP contribution in [0.1, 0.15) is 5.56 Å². The highest BCUT2D eigenvalue weighted by molar-refractivity contribution is 5.56. The van der Waals surface area contributed by atoms with Crippen LogP contribution in [0.3, 0.4) is 0 Å². The van der Waals surface area contributed by atoms with Crippen molar-refractivity contribution < 1.29 is 9.47 Å². The minimum absolute atomic E-state index is 0.480. The Balaban J connectivity index is 2.32. The van der Waals surface area contributed by atoms with Crippen LogP contribution in [-0.2, 0) is 0 Å². The monoisotopic (exact) mass is 240 g/mol. The molecule has 0 unspecified atom stereocenters. The van der Waals surface area contributed by atoms with Crippen molar-refractivity contribution in [2.75, 3.05) is 12.8 Å². The molecule has 0 radical (unpaired) electrons. The molecule has 2 aromatic rings. The maximum absolute atomic E-state index is 8.97. The Morgan fingerprint density at radius 1 is 1.11 bits per heavy atom. The van der Waals surface area contributed by atoms with Gasteiger partial charge in [0.05, 0.1) is 18.4 Å². The average molecular weight is 240 g/mol. The van der Waals surface area contributed by atoms with Crippen molar-refractivity contribution in [3.8, 4) is 23.3 Å². The SMILES string of the molecule is COc1cc(Oc2ccccc2C#N)ccc1N. The lowest BCUT2D eigenvalue weighted by molar-refractivity contribution is 0.411. The standard InChI is InChI=1S/C14H12N2O2/c1-17-14-8-11(6-7-12(14)16)18-13-5-3-2-4-10(13)9-15/h2-8H,16H2,1H3. The van der Waals surface area contributed by atoms with Crippen molar-refractivity contribution in [3.05, 3.63) is 48.0 Å². The summed E-state index contributed by atoms with van der Waals surface area (Å²) in [6.07, 6.45) is 0. The smallest absolute Gasteiger partial charge is 0.145 e. The van der Waals surface area contributed by atoms with Crippen LogP contribution in [0.25, 0.3) is 0 Å². The second kappa shape index (κ2) is 5.11. The zero-order valence-electron chi connectivity index (χ0n) is 9.88. The number of para-hydroxylation sites is 1. The fraction of sp³-hybridized carbons (Fsp3) is 0.0714. The molecule has 4 heteroatoms. The molecule has 0 aliphatic rings. The van der Waals surface area contributed by atoms with Crippen LogP contribution in [0.2, 0.25) is 0 Å². The Labute approximate surface area is 105 Å². The van der Waals surface area contributed by atoms with E-state index in [0.29, 0.717) is 28.5 Å². The fourth-order valence-electron chi connectivity index (χ4n) is 1.53. The topological polar surface area (TPSA) is 68.3 Å². The van der Waals surface area contributed by atoms with Gasteiger partial charge in [0, 0.05) is 6.07 Å². The number of nitriles is 1. The summed E-state index contributed by atoms with van der Waals surface area (Å²) in [6, 6.07) is 14.2. The van der Waals surface area contributed by atoms with Crippen LogP contribution in [0, 0.1) is 11.3 Å². The van der Waals surface area contributed by atoms with E-state index in [2.05, 4.69) is 6.07 Å².